The van der Waals surface area contributed by atoms with E-state index in [4.69, 9.17) is 5.21 Å². The lowest BCUT2D eigenvalue weighted by atomic mass is 10.0. The number of piperidine rings is 1. The summed E-state index contributed by atoms with van der Waals surface area (Å²) in [6.07, 6.45) is -3.36. The fraction of sp³-hybridized carbons (Fsp3) is 0.500. The Morgan fingerprint density at radius 3 is 2.57 bits per heavy atom. The number of benzene rings is 1. The lowest BCUT2D eigenvalue weighted by Gasteiger charge is -2.29. The molecule has 1 aliphatic rings. The Morgan fingerprint density at radius 2 is 2.00 bits per heavy atom. The highest BCUT2D eigenvalue weighted by Crippen LogP contribution is 2.31. The van der Waals surface area contributed by atoms with Crippen molar-refractivity contribution in [2.45, 2.75) is 25.2 Å². The quantitative estimate of drug-likeness (QED) is 0.737. The molecule has 6 nitrogen and oxygen atoms in total. The van der Waals surface area contributed by atoms with Crippen LogP contribution < -0.4 is 15.5 Å². The van der Waals surface area contributed by atoms with Gasteiger partial charge in [0, 0.05) is 11.6 Å². The van der Waals surface area contributed by atoms with E-state index in [-0.39, 0.29) is 17.3 Å². The van der Waals surface area contributed by atoms with Crippen molar-refractivity contribution in [3.05, 3.63) is 23.8 Å². The fourth-order valence-electron chi connectivity index (χ4n) is 2.39. The molecule has 1 saturated heterocycles. The number of amides is 1. The lowest BCUT2D eigenvalue weighted by Crippen LogP contribution is -2.43. The van der Waals surface area contributed by atoms with Gasteiger partial charge in [-0.15, -0.1) is 13.2 Å². The van der Waals surface area contributed by atoms with Crippen molar-refractivity contribution in [2.24, 2.45) is 0 Å². The molecule has 23 heavy (non-hydrogen) atoms. The van der Waals surface area contributed by atoms with Crippen LogP contribution in [0.15, 0.2) is 18.2 Å². The molecule has 1 aliphatic heterocycles. The molecule has 2 rings (SSSR count). The molecule has 1 amide bonds. The molecule has 0 spiro atoms. The van der Waals surface area contributed by atoms with E-state index in [0.29, 0.717) is 0 Å². The molecule has 0 unspecified atom stereocenters. The van der Waals surface area contributed by atoms with E-state index in [1.165, 1.54) is 6.07 Å². The molecule has 1 fully saturated rings. The first-order valence-corrected chi connectivity index (χ1v) is 7.08. The number of likely N-dealkylation sites (tertiary alicyclic amines) is 1. The molecule has 0 saturated carbocycles. The largest absolute Gasteiger partial charge is 0.573 e. The van der Waals surface area contributed by atoms with E-state index >= 15 is 0 Å². The second-order valence-corrected chi connectivity index (χ2v) is 5.42. The number of ether oxygens (including phenoxy) is 1. The first-order chi connectivity index (χ1) is 10.8. The Hall–Kier alpha value is -2.00. The third-order valence-corrected chi connectivity index (χ3v) is 3.64. The number of nitrogens with zero attached hydrogens (tertiary/aromatic N) is 1. The van der Waals surface area contributed by atoms with E-state index in [2.05, 4.69) is 15.0 Å². The summed E-state index contributed by atoms with van der Waals surface area (Å²) in [5.74, 6) is -1.15. The van der Waals surface area contributed by atoms with Crippen LogP contribution in [-0.4, -0.2) is 48.6 Å². The summed E-state index contributed by atoms with van der Waals surface area (Å²) in [5.41, 5.74) is 1.36. The van der Waals surface area contributed by atoms with Crippen molar-refractivity contribution >= 4 is 11.6 Å². The summed E-state index contributed by atoms with van der Waals surface area (Å²) < 4.78 is 40.9. The first-order valence-electron chi connectivity index (χ1n) is 7.08. The third-order valence-electron chi connectivity index (χ3n) is 3.64. The molecule has 0 aromatic heterocycles. The highest BCUT2D eigenvalue weighted by Gasteiger charge is 2.32. The predicted octanol–water partition coefficient (Wildman–Crippen LogP) is 2.21. The maximum Gasteiger partial charge on any atom is 0.573 e. The molecule has 9 heteroatoms. The second-order valence-electron chi connectivity index (χ2n) is 5.42. The highest BCUT2D eigenvalue weighted by atomic mass is 19.4. The zero-order valence-electron chi connectivity index (χ0n) is 12.5. The molecular formula is C14H18F3N3O3. The van der Waals surface area contributed by atoms with Crippen LogP contribution in [0, 0.1) is 0 Å². The SMILES string of the molecule is CN1CCC(NC(=O)c2ccc(NO)c(OC(F)(F)F)c2)CC1. The zero-order valence-corrected chi connectivity index (χ0v) is 12.5. The third kappa shape index (κ3) is 5.00. The van der Waals surface area contributed by atoms with Crippen molar-refractivity contribution in [1.82, 2.24) is 10.2 Å². The highest BCUT2D eigenvalue weighted by molar-refractivity contribution is 5.95. The van der Waals surface area contributed by atoms with E-state index in [0.717, 1.165) is 38.1 Å². The van der Waals surface area contributed by atoms with Crippen LogP contribution in [0.2, 0.25) is 0 Å². The molecular weight excluding hydrogens is 315 g/mol. The number of rotatable bonds is 4. The lowest BCUT2D eigenvalue weighted by molar-refractivity contribution is -0.274. The average Bonchev–Trinajstić information content (AvgIpc) is 2.48. The topological polar surface area (TPSA) is 73.8 Å². The molecule has 1 aromatic rings. The van der Waals surface area contributed by atoms with Crippen molar-refractivity contribution < 1.29 is 27.9 Å². The van der Waals surface area contributed by atoms with Crippen LogP contribution in [0.4, 0.5) is 18.9 Å². The normalized spacial score (nSPS) is 16.9. The van der Waals surface area contributed by atoms with Crippen LogP contribution in [0.5, 0.6) is 5.75 Å². The van der Waals surface area contributed by atoms with Crippen molar-refractivity contribution in [3.8, 4) is 5.75 Å². The number of nitrogens with one attached hydrogen (secondary N) is 2. The van der Waals surface area contributed by atoms with Gasteiger partial charge < -0.3 is 15.0 Å². The Labute approximate surface area is 131 Å². The molecule has 0 atom stereocenters. The Morgan fingerprint density at radius 1 is 1.35 bits per heavy atom. The molecule has 3 N–H and O–H groups in total. The maximum atomic E-state index is 12.4. The van der Waals surface area contributed by atoms with Gasteiger partial charge in [-0.3, -0.25) is 15.5 Å². The van der Waals surface area contributed by atoms with Gasteiger partial charge in [0.25, 0.3) is 5.91 Å². The minimum absolute atomic E-state index is 0.0127. The smallest absolute Gasteiger partial charge is 0.403 e. The average molecular weight is 333 g/mol. The van der Waals surface area contributed by atoms with Gasteiger partial charge in [0.1, 0.15) is 5.69 Å². The fourth-order valence-corrected chi connectivity index (χ4v) is 2.39. The van der Waals surface area contributed by atoms with Crippen LogP contribution in [0.1, 0.15) is 23.2 Å². The summed E-state index contributed by atoms with van der Waals surface area (Å²) in [6, 6.07) is 3.38. The van der Waals surface area contributed by atoms with Gasteiger partial charge in [0.15, 0.2) is 5.75 Å². The van der Waals surface area contributed by atoms with Crippen LogP contribution in [-0.2, 0) is 0 Å². The second kappa shape index (κ2) is 7.05. The van der Waals surface area contributed by atoms with Gasteiger partial charge in [0.05, 0.1) is 0 Å². The van der Waals surface area contributed by atoms with Gasteiger partial charge in [-0.1, -0.05) is 0 Å². The van der Waals surface area contributed by atoms with Gasteiger partial charge in [-0.25, -0.2) is 0 Å². The Bertz CT molecular complexity index is 558. The predicted molar refractivity (Wildman–Crippen MR) is 76.5 cm³/mol. The zero-order chi connectivity index (χ0) is 17.0. The Kier molecular flexibility index (Phi) is 5.32. The summed E-state index contributed by atoms with van der Waals surface area (Å²) in [4.78, 5) is 14.3. The van der Waals surface area contributed by atoms with Crippen LogP contribution in [0.3, 0.4) is 0 Å². The number of halogens is 3. The number of carbonyl (C=O) groups excluding carboxylic acids is 1. The standard InChI is InChI=1S/C14H18F3N3O3/c1-20-6-4-10(5-7-20)18-13(21)9-2-3-11(19-22)12(8-9)23-14(15,16)17/h2-3,8,10,19,22H,4-7H2,1H3,(H,18,21). The summed E-state index contributed by atoms with van der Waals surface area (Å²) in [7, 11) is 1.99. The molecule has 0 radical (unpaired) electrons. The summed E-state index contributed by atoms with van der Waals surface area (Å²) in [6.45, 7) is 1.70. The Balaban J connectivity index is 2.09. The van der Waals surface area contributed by atoms with E-state index in [1.807, 2.05) is 7.05 Å². The number of anilines is 1. The van der Waals surface area contributed by atoms with Gasteiger partial charge in [-0.05, 0) is 51.2 Å². The number of hydrogen-bond donors (Lipinski definition) is 3. The molecule has 1 aromatic carbocycles. The number of hydrogen-bond acceptors (Lipinski definition) is 5. The number of carbonyl (C=O) groups is 1. The summed E-state index contributed by atoms with van der Waals surface area (Å²) in [5, 5.41) is 11.6. The molecule has 0 aliphatic carbocycles. The molecule has 0 bridgehead atoms. The van der Waals surface area contributed by atoms with Gasteiger partial charge >= 0.3 is 6.36 Å². The summed E-state index contributed by atoms with van der Waals surface area (Å²) >= 11 is 0. The monoisotopic (exact) mass is 333 g/mol. The minimum Gasteiger partial charge on any atom is -0.403 e. The maximum absolute atomic E-state index is 12.4. The first kappa shape index (κ1) is 17.4. The molecule has 1 heterocycles. The number of alkyl halides is 3. The van der Waals surface area contributed by atoms with Crippen molar-refractivity contribution in [2.75, 3.05) is 25.6 Å². The van der Waals surface area contributed by atoms with Crippen LogP contribution >= 0.6 is 0 Å². The minimum atomic E-state index is -4.92. The van der Waals surface area contributed by atoms with E-state index in [1.54, 1.807) is 5.48 Å². The van der Waals surface area contributed by atoms with Crippen molar-refractivity contribution in [3.63, 3.8) is 0 Å². The van der Waals surface area contributed by atoms with E-state index < -0.39 is 18.0 Å². The van der Waals surface area contributed by atoms with Crippen molar-refractivity contribution in [1.29, 1.82) is 0 Å². The van der Waals surface area contributed by atoms with Gasteiger partial charge in [0.2, 0.25) is 0 Å². The van der Waals surface area contributed by atoms with Crippen LogP contribution in [0.25, 0.3) is 0 Å². The van der Waals surface area contributed by atoms with E-state index in [9.17, 15) is 18.0 Å². The van der Waals surface area contributed by atoms with Gasteiger partial charge in [-0.2, -0.15) is 0 Å². The molecule has 128 valence electrons.